The first-order valence-electron chi connectivity index (χ1n) is 11.1. The van der Waals surface area contributed by atoms with Crippen molar-refractivity contribution < 1.29 is 18.7 Å². The lowest BCUT2D eigenvalue weighted by atomic mass is 9.96. The summed E-state index contributed by atoms with van der Waals surface area (Å²) >= 11 is 0. The van der Waals surface area contributed by atoms with E-state index in [1.165, 1.54) is 29.8 Å². The number of aromatic nitrogens is 1. The molecule has 1 N–H and O–H groups in total. The Hall–Kier alpha value is -3.32. The van der Waals surface area contributed by atoms with Gasteiger partial charge >= 0.3 is 0 Å². The van der Waals surface area contributed by atoms with E-state index >= 15 is 0 Å². The Balaban J connectivity index is 1.43. The summed E-state index contributed by atoms with van der Waals surface area (Å²) in [5.74, 6) is -0.861. The van der Waals surface area contributed by atoms with Crippen molar-refractivity contribution in [2.75, 3.05) is 26.3 Å². The van der Waals surface area contributed by atoms with Gasteiger partial charge in [-0.15, -0.1) is 0 Å². The van der Waals surface area contributed by atoms with Gasteiger partial charge in [0.25, 0.3) is 5.91 Å². The molecule has 2 amide bonds. The zero-order valence-corrected chi connectivity index (χ0v) is 18.9. The van der Waals surface area contributed by atoms with Gasteiger partial charge in [-0.25, -0.2) is 4.39 Å². The molecule has 2 heterocycles. The standard InChI is InChI=1S/C26H28FN3O3/c1-26(2,29-24(31)20-5-7-23(27)8-6-20)25(32)30-11-12-33-17-19(16-30)13-18-3-4-22-15-28-10-9-21(22)14-18/h3-10,14-15,19H,11-13,16-17H2,1-2H3,(H,29,31)/t19-/m0/s1. The number of fused-ring (bicyclic) bond motifs is 1. The van der Waals surface area contributed by atoms with E-state index in [9.17, 15) is 14.0 Å². The van der Waals surface area contributed by atoms with Crippen LogP contribution >= 0.6 is 0 Å². The molecule has 1 saturated heterocycles. The van der Waals surface area contributed by atoms with Crippen molar-refractivity contribution in [2.24, 2.45) is 5.92 Å². The van der Waals surface area contributed by atoms with Crippen molar-refractivity contribution in [3.05, 3.63) is 77.9 Å². The van der Waals surface area contributed by atoms with Crippen LogP contribution in [0.3, 0.4) is 0 Å². The second-order valence-electron chi connectivity index (χ2n) is 9.04. The third kappa shape index (κ3) is 5.54. The maximum Gasteiger partial charge on any atom is 0.252 e. The Morgan fingerprint density at radius 1 is 1.15 bits per heavy atom. The molecule has 0 spiro atoms. The highest BCUT2D eigenvalue weighted by molar-refractivity contribution is 5.98. The van der Waals surface area contributed by atoms with Crippen LogP contribution in [0.5, 0.6) is 0 Å². The maximum absolute atomic E-state index is 13.4. The number of pyridine rings is 1. The molecule has 1 aliphatic rings. The molecule has 0 aliphatic carbocycles. The Bertz CT molecular complexity index is 1150. The van der Waals surface area contributed by atoms with Crippen molar-refractivity contribution in [1.82, 2.24) is 15.2 Å². The average molecular weight is 450 g/mol. The fourth-order valence-corrected chi connectivity index (χ4v) is 4.19. The van der Waals surface area contributed by atoms with Crippen molar-refractivity contribution in [2.45, 2.75) is 25.8 Å². The molecule has 1 fully saturated rings. The molecule has 0 radical (unpaired) electrons. The molecular formula is C26H28FN3O3. The van der Waals surface area contributed by atoms with E-state index in [0.717, 1.165) is 17.2 Å². The Labute approximate surface area is 192 Å². The zero-order chi connectivity index (χ0) is 23.4. The molecule has 1 atom stereocenters. The zero-order valence-electron chi connectivity index (χ0n) is 18.9. The number of ether oxygens (including phenoxy) is 1. The van der Waals surface area contributed by atoms with Gasteiger partial charge in [0.05, 0.1) is 13.2 Å². The summed E-state index contributed by atoms with van der Waals surface area (Å²) in [6.07, 6.45) is 4.41. The van der Waals surface area contributed by atoms with Crippen LogP contribution < -0.4 is 5.32 Å². The largest absolute Gasteiger partial charge is 0.379 e. The van der Waals surface area contributed by atoms with Crippen LogP contribution in [0.2, 0.25) is 0 Å². The number of hydrogen-bond acceptors (Lipinski definition) is 4. The summed E-state index contributed by atoms with van der Waals surface area (Å²) in [5.41, 5.74) is 0.373. The molecule has 1 aliphatic heterocycles. The van der Waals surface area contributed by atoms with Gasteiger partial charge in [-0.3, -0.25) is 14.6 Å². The first-order chi connectivity index (χ1) is 15.8. The number of halogens is 1. The molecule has 33 heavy (non-hydrogen) atoms. The van der Waals surface area contributed by atoms with Crippen LogP contribution in [-0.2, 0) is 16.0 Å². The Kier molecular flexibility index (Phi) is 6.70. The minimum atomic E-state index is -1.11. The molecule has 7 heteroatoms. The third-order valence-electron chi connectivity index (χ3n) is 5.92. The SMILES string of the molecule is CC(C)(NC(=O)c1ccc(F)cc1)C(=O)N1CCOC[C@@H](Cc2ccc3cnccc3c2)C1. The maximum atomic E-state index is 13.4. The lowest BCUT2D eigenvalue weighted by Crippen LogP contribution is -2.56. The van der Waals surface area contributed by atoms with Gasteiger partial charge in [0.1, 0.15) is 11.4 Å². The first-order valence-corrected chi connectivity index (χ1v) is 11.1. The topological polar surface area (TPSA) is 71.5 Å². The number of hydrogen-bond donors (Lipinski definition) is 1. The van der Waals surface area contributed by atoms with E-state index in [-0.39, 0.29) is 11.8 Å². The molecule has 6 nitrogen and oxygen atoms in total. The molecule has 2 aromatic carbocycles. The fourth-order valence-electron chi connectivity index (χ4n) is 4.19. The van der Waals surface area contributed by atoms with Gasteiger partial charge in [0, 0.05) is 42.4 Å². The number of carbonyl (C=O) groups excluding carboxylic acids is 2. The highest BCUT2D eigenvalue weighted by atomic mass is 19.1. The van der Waals surface area contributed by atoms with Gasteiger partial charge in [-0.2, -0.15) is 0 Å². The van der Waals surface area contributed by atoms with E-state index in [1.54, 1.807) is 24.9 Å². The molecule has 0 bridgehead atoms. The van der Waals surface area contributed by atoms with Crippen LogP contribution in [0.25, 0.3) is 10.8 Å². The Morgan fingerprint density at radius 2 is 1.94 bits per heavy atom. The molecule has 3 aromatic rings. The second-order valence-corrected chi connectivity index (χ2v) is 9.04. The van der Waals surface area contributed by atoms with Crippen LogP contribution in [0, 0.1) is 11.7 Å². The summed E-state index contributed by atoms with van der Waals surface area (Å²) in [5, 5.41) is 5.02. The summed E-state index contributed by atoms with van der Waals surface area (Å²) in [6.45, 7) is 5.41. The number of benzene rings is 2. The number of nitrogens with zero attached hydrogens (tertiary/aromatic N) is 2. The summed E-state index contributed by atoms with van der Waals surface area (Å²) < 4.78 is 19.0. The second kappa shape index (κ2) is 9.67. The minimum Gasteiger partial charge on any atom is -0.379 e. The third-order valence-corrected chi connectivity index (χ3v) is 5.92. The molecular weight excluding hydrogens is 421 g/mol. The number of amides is 2. The van der Waals surface area contributed by atoms with Crippen molar-refractivity contribution >= 4 is 22.6 Å². The molecule has 1 aromatic heterocycles. The van der Waals surface area contributed by atoms with Crippen molar-refractivity contribution in [3.63, 3.8) is 0 Å². The summed E-state index contributed by atoms with van der Waals surface area (Å²) in [4.78, 5) is 31.9. The van der Waals surface area contributed by atoms with Gasteiger partial charge in [-0.1, -0.05) is 18.2 Å². The first kappa shape index (κ1) is 22.9. The summed E-state index contributed by atoms with van der Waals surface area (Å²) in [6, 6.07) is 13.6. The molecule has 0 saturated carbocycles. The average Bonchev–Trinajstić information content (AvgIpc) is 3.04. The quantitative estimate of drug-likeness (QED) is 0.646. The monoisotopic (exact) mass is 449 g/mol. The predicted octanol–water partition coefficient (Wildman–Crippen LogP) is 3.60. The van der Waals surface area contributed by atoms with E-state index in [0.29, 0.717) is 31.9 Å². The van der Waals surface area contributed by atoms with Crippen LogP contribution in [0.1, 0.15) is 29.8 Å². The lowest BCUT2D eigenvalue weighted by Gasteiger charge is -2.33. The summed E-state index contributed by atoms with van der Waals surface area (Å²) in [7, 11) is 0. The minimum absolute atomic E-state index is 0.138. The van der Waals surface area contributed by atoms with Gasteiger partial charge in [0.15, 0.2) is 0 Å². The van der Waals surface area contributed by atoms with Gasteiger partial charge in [0.2, 0.25) is 5.91 Å². The molecule has 0 unspecified atom stereocenters. The number of carbonyl (C=O) groups is 2. The van der Waals surface area contributed by atoms with Gasteiger partial charge in [-0.05, 0) is 61.5 Å². The van der Waals surface area contributed by atoms with Crippen LogP contribution in [0.15, 0.2) is 60.9 Å². The van der Waals surface area contributed by atoms with Crippen LogP contribution in [-0.4, -0.2) is 53.5 Å². The Morgan fingerprint density at radius 3 is 2.73 bits per heavy atom. The van der Waals surface area contributed by atoms with Crippen LogP contribution in [0.4, 0.5) is 4.39 Å². The highest BCUT2D eigenvalue weighted by Crippen LogP contribution is 2.21. The van der Waals surface area contributed by atoms with Gasteiger partial charge < -0.3 is 15.0 Å². The molecule has 4 rings (SSSR count). The molecule has 172 valence electrons. The van der Waals surface area contributed by atoms with E-state index in [1.807, 2.05) is 12.3 Å². The smallest absolute Gasteiger partial charge is 0.252 e. The van der Waals surface area contributed by atoms with E-state index in [4.69, 9.17) is 4.74 Å². The van der Waals surface area contributed by atoms with E-state index < -0.39 is 17.3 Å². The number of nitrogens with one attached hydrogen (secondary N) is 1. The normalized spacial score (nSPS) is 16.9. The number of rotatable bonds is 5. The van der Waals surface area contributed by atoms with Crippen molar-refractivity contribution in [1.29, 1.82) is 0 Å². The predicted molar refractivity (Wildman–Crippen MR) is 124 cm³/mol. The highest BCUT2D eigenvalue weighted by Gasteiger charge is 2.35. The van der Waals surface area contributed by atoms with Crippen molar-refractivity contribution in [3.8, 4) is 0 Å². The van der Waals surface area contributed by atoms with E-state index in [2.05, 4.69) is 28.5 Å². The lowest BCUT2D eigenvalue weighted by molar-refractivity contribution is -0.137. The fraction of sp³-hybridized carbons (Fsp3) is 0.346.